The Balaban J connectivity index is 1.86. The number of nitrogens with zero attached hydrogens (tertiary/aromatic N) is 2. The predicted octanol–water partition coefficient (Wildman–Crippen LogP) is 4.52. The summed E-state index contributed by atoms with van der Waals surface area (Å²) in [5.41, 5.74) is 2.91. The van der Waals surface area contributed by atoms with Gasteiger partial charge in [-0.15, -0.1) is 0 Å². The van der Waals surface area contributed by atoms with E-state index in [2.05, 4.69) is 52.1 Å². The van der Waals surface area contributed by atoms with Gasteiger partial charge in [0.1, 0.15) is 11.4 Å². The number of hydrogen-bond acceptors (Lipinski definition) is 4. The Hall–Kier alpha value is -4.10. The van der Waals surface area contributed by atoms with Crippen LogP contribution >= 0.6 is 0 Å². The van der Waals surface area contributed by atoms with Crippen LogP contribution in [0.2, 0.25) is 0 Å². The molecule has 0 spiro atoms. The largest absolute Gasteiger partial charge is 0.465 e. The summed E-state index contributed by atoms with van der Waals surface area (Å²) in [5, 5.41) is 30.2. The number of aromatic nitrogens is 2. The number of amides is 1. The lowest BCUT2D eigenvalue weighted by Crippen LogP contribution is -2.39. The lowest BCUT2D eigenvalue weighted by atomic mass is 9.77. The van der Waals surface area contributed by atoms with Crippen LogP contribution in [0.3, 0.4) is 0 Å². The second-order valence-corrected chi connectivity index (χ2v) is 8.08. The summed E-state index contributed by atoms with van der Waals surface area (Å²) in [4.78, 5) is 10.8. The van der Waals surface area contributed by atoms with Gasteiger partial charge in [0.05, 0.1) is 12.3 Å². The zero-order valence-corrected chi connectivity index (χ0v) is 18.9. The monoisotopic (exact) mass is 456 g/mol. The maximum Gasteiger partial charge on any atom is 0.404 e. The zero-order chi connectivity index (χ0) is 24.0. The SMILES string of the molecule is Cn1ncc(C(O)CCNC(=O)O)c1NC(c1ccccc1)(c1ccccc1)c1ccccc1. The highest BCUT2D eigenvalue weighted by Gasteiger charge is 2.38. The average molecular weight is 457 g/mol. The highest BCUT2D eigenvalue weighted by atomic mass is 16.4. The number of hydrogen-bond donors (Lipinski definition) is 4. The second kappa shape index (κ2) is 10.2. The minimum atomic E-state index is -1.12. The van der Waals surface area contributed by atoms with Crippen LogP contribution < -0.4 is 10.6 Å². The van der Waals surface area contributed by atoms with E-state index in [0.29, 0.717) is 11.4 Å². The zero-order valence-electron chi connectivity index (χ0n) is 18.9. The summed E-state index contributed by atoms with van der Waals surface area (Å²) >= 11 is 0. The van der Waals surface area contributed by atoms with Crippen molar-refractivity contribution >= 4 is 11.9 Å². The molecule has 0 aliphatic rings. The third-order valence-corrected chi connectivity index (χ3v) is 5.95. The Morgan fingerprint density at radius 1 is 0.912 bits per heavy atom. The molecule has 1 atom stereocenters. The average Bonchev–Trinajstić information content (AvgIpc) is 3.23. The van der Waals surface area contributed by atoms with E-state index in [1.807, 2.05) is 61.6 Å². The van der Waals surface area contributed by atoms with E-state index in [9.17, 15) is 9.90 Å². The van der Waals surface area contributed by atoms with E-state index in [1.54, 1.807) is 10.9 Å². The van der Waals surface area contributed by atoms with Gasteiger partial charge in [-0.2, -0.15) is 5.10 Å². The van der Waals surface area contributed by atoms with Gasteiger partial charge in [-0.1, -0.05) is 91.0 Å². The van der Waals surface area contributed by atoms with Crippen molar-refractivity contribution in [2.45, 2.75) is 18.1 Å². The van der Waals surface area contributed by atoms with E-state index < -0.39 is 17.7 Å². The van der Waals surface area contributed by atoms with E-state index in [-0.39, 0.29) is 13.0 Å². The van der Waals surface area contributed by atoms with Crippen molar-refractivity contribution in [3.05, 3.63) is 119 Å². The number of rotatable bonds is 9. The van der Waals surface area contributed by atoms with Crippen LogP contribution in [0.25, 0.3) is 0 Å². The fourth-order valence-electron chi connectivity index (χ4n) is 4.28. The summed E-state index contributed by atoms with van der Waals surface area (Å²) in [6.45, 7) is 0.131. The molecule has 174 valence electrons. The van der Waals surface area contributed by atoms with E-state index in [1.165, 1.54) is 0 Å². The highest BCUT2D eigenvalue weighted by Crippen LogP contribution is 2.41. The molecule has 0 saturated heterocycles. The number of aliphatic hydroxyl groups is 1. The van der Waals surface area contributed by atoms with Gasteiger partial charge >= 0.3 is 6.09 Å². The minimum Gasteiger partial charge on any atom is -0.465 e. The standard InChI is InChI=1S/C27H28N4O3/c1-31-25(23(19-29-31)24(32)17-18-28-26(33)34)30-27(20-11-5-2-6-12-20,21-13-7-3-8-14-21)22-15-9-4-10-16-22/h2-16,19,24,28,30,32H,17-18H2,1H3,(H,33,34). The molecule has 0 saturated carbocycles. The van der Waals surface area contributed by atoms with Gasteiger partial charge in [0.2, 0.25) is 0 Å². The first kappa shape index (κ1) is 23.1. The van der Waals surface area contributed by atoms with Gasteiger partial charge in [-0.3, -0.25) is 4.68 Å². The molecule has 0 aliphatic carbocycles. The first-order valence-electron chi connectivity index (χ1n) is 11.1. The van der Waals surface area contributed by atoms with Crippen LogP contribution in [0, 0.1) is 0 Å². The summed E-state index contributed by atoms with van der Waals surface area (Å²) in [6, 6.07) is 30.5. The summed E-state index contributed by atoms with van der Waals surface area (Å²) in [5.74, 6) is 0.652. The quantitative estimate of drug-likeness (QED) is 0.278. The number of carbonyl (C=O) groups is 1. The molecule has 4 N–H and O–H groups in total. The van der Waals surface area contributed by atoms with Gasteiger partial charge < -0.3 is 20.8 Å². The molecule has 34 heavy (non-hydrogen) atoms. The minimum absolute atomic E-state index is 0.131. The van der Waals surface area contributed by atoms with Crippen LogP contribution in [0.1, 0.15) is 34.8 Å². The smallest absolute Gasteiger partial charge is 0.404 e. The van der Waals surface area contributed by atoms with E-state index in [0.717, 1.165) is 16.7 Å². The molecule has 0 radical (unpaired) electrons. The Morgan fingerprint density at radius 2 is 1.38 bits per heavy atom. The molecule has 1 aromatic heterocycles. The first-order valence-corrected chi connectivity index (χ1v) is 11.1. The van der Waals surface area contributed by atoms with Crippen molar-refractivity contribution < 1.29 is 15.0 Å². The molecular formula is C27H28N4O3. The Bertz CT molecular complexity index is 1110. The summed E-state index contributed by atoms with van der Waals surface area (Å²) in [6.07, 6.45) is -0.169. The topological polar surface area (TPSA) is 99.4 Å². The van der Waals surface area contributed by atoms with Crippen LogP contribution in [0.4, 0.5) is 10.6 Å². The van der Waals surface area contributed by atoms with Gasteiger partial charge in [-0.05, 0) is 23.1 Å². The molecule has 1 amide bonds. The molecule has 7 nitrogen and oxygen atoms in total. The van der Waals surface area contributed by atoms with Gasteiger partial charge in [0.15, 0.2) is 0 Å². The Labute approximate surface area is 198 Å². The van der Waals surface area contributed by atoms with Crippen LogP contribution in [0.5, 0.6) is 0 Å². The number of benzene rings is 3. The predicted molar refractivity (Wildman–Crippen MR) is 132 cm³/mol. The molecule has 0 bridgehead atoms. The normalized spacial score (nSPS) is 12.2. The fourth-order valence-corrected chi connectivity index (χ4v) is 4.28. The van der Waals surface area contributed by atoms with E-state index in [4.69, 9.17) is 5.11 Å². The summed E-state index contributed by atoms with van der Waals surface area (Å²) in [7, 11) is 1.82. The number of anilines is 1. The van der Waals surface area contributed by atoms with Gasteiger partial charge in [-0.25, -0.2) is 4.79 Å². The molecule has 4 rings (SSSR count). The first-order chi connectivity index (χ1) is 16.5. The van der Waals surface area contributed by atoms with Crippen molar-refractivity contribution in [3.8, 4) is 0 Å². The lowest BCUT2D eigenvalue weighted by molar-refractivity contribution is 0.162. The highest BCUT2D eigenvalue weighted by molar-refractivity contribution is 5.64. The van der Waals surface area contributed by atoms with Gasteiger partial charge in [0.25, 0.3) is 0 Å². The van der Waals surface area contributed by atoms with Gasteiger partial charge in [0, 0.05) is 19.2 Å². The maximum absolute atomic E-state index is 10.9. The second-order valence-electron chi connectivity index (χ2n) is 8.08. The van der Waals surface area contributed by atoms with Crippen molar-refractivity contribution in [1.29, 1.82) is 0 Å². The van der Waals surface area contributed by atoms with Crippen molar-refractivity contribution in [2.24, 2.45) is 7.05 Å². The van der Waals surface area contributed by atoms with Crippen molar-refractivity contribution in [3.63, 3.8) is 0 Å². The fraction of sp³-hybridized carbons (Fsp3) is 0.185. The molecule has 0 fully saturated rings. The number of nitrogens with one attached hydrogen (secondary N) is 2. The lowest BCUT2D eigenvalue weighted by Gasteiger charge is -2.38. The third-order valence-electron chi connectivity index (χ3n) is 5.95. The van der Waals surface area contributed by atoms with Crippen LogP contribution in [-0.2, 0) is 12.6 Å². The van der Waals surface area contributed by atoms with Crippen molar-refractivity contribution in [2.75, 3.05) is 11.9 Å². The number of carboxylic acid groups (broad SMARTS) is 1. The molecule has 4 aromatic rings. The maximum atomic E-state index is 10.9. The van der Waals surface area contributed by atoms with Crippen LogP contribution in [0.15, 0.2) is 97.2 Å². The molecule has 7 heteroatoms. The van der Waals surface area contributed by atoms with E-state index >= 15 is 0 Å². The number of aryl methyl sites for hydroxylation is 1. The number of aliphatic hydroxyl groups excluding tert-OH is 1. The molecular weight excluding hydrogens is 428 g/mol. The molecule has 3 aromatic carbocycles. The molecule has 0 aliphatic heterocycles. The molecule has 1 heterocycles. The van der Waals surface area contributed by atoms with Crippen LogP contribution in [-0.4, -0.2) is 32.6 Å². The molecule has 1 unspecified atom stereocenters. The Morgan fingerprint density at radius 3 is 1.82 bits per heavy atom. The van der Waals surface area contributed by atoms with Crippen molar-refractivity contribution in [1.82, 2.24) is 15.1 Å². The Kier molecular flexibility index (Phi) is 6.94. The summed E-state index contributed by atoms with van der Waals surface area (Å²) < 4.78 is 1.70. The third kappa shape index (κ3) is 4.65.